The van der Waals surface area contributed by atoms with Crippen molar-refractivity contribution < 1.29 is 4.74 Å². The maximum atomic E-state index is 5.48. The first-order chi connectivity index (χ1) is 13.2. The lowest BCUT2D eigenvalue weighted by Crippen LogP contribution is -2.49. The fourth-order valence-corrected chi connectivity index (χ4v) is 4.36. The van der Waals surface area contributed by atoms with Crippen molar-refractivity contribution in [3.8, 4) is 5.75 Å². The van der Waals surface area contributed by atoms with Crippen LogP contribution in [0.3, 0.4) is 0 Å². The van der Waals surface area contributed by atoms with E-state index in [2.05, 4.69) is 90.7 Å². The van der Waals surface area contributed by atoms with Crippen LogP contribution < -0.4 is 4.74 Å². The van der Waals surface area contributed by atoms with Crippen molar-refractivity contribution in [3.05, 3.63) is 101 Å². The Morgan fingerprint density at radius 1 is 0.889 bits per heavy atom. The second-order valence-electron chi connectivity index (χ2n) is 7.62. The van der Waals surface area contributed by atoms with Crippen LogP contribution in [0.25, 0.3) is 0 Å². The average molecular weight is 357 g/mol. The highest BCUT2D eigenvalue weighted by atomic mass is 16.5. The molecule has 0 N–H and O–H groups in total. The van der Waals surface area contributed by atoms with Gasteiger partial charge in [0.1, 0.15) is 5.75 Å². The molecule has 0 fully saturated rings. The quantitative estimate of drug-likeness (QED) is 0.621. The minimum atomic E-state index is -0.0446. The smallest absolute Gasteiger partial charge is 0.119 e. The molecule has 4 rings (SSSR count). The Morgan fingerprint density at radius 3 is 2.22 bits per heavy atom. The van der Waals surface area contributed by atoms with Crippen LogP contribution in [0.2, 0.25) is 0 Å². The van der Waals surface area contributed by atoms with Crippen LogP contribution in [-0.2, 0) is 24.9 Å². The maximum absolute atomic E-state index is 5.48. The van der Waals surface area contributed by atoms with Gasteiger partial charge in [0.25, 0.3) is 0 Å². The molecule has 2 heteroatoms. The van der Waals surface area contributed by atoms with Crippen LogP contribution in [-0.4, -0.2) is 18.6 Å². The van der Waals surface area contributed by atoms with Gasteiger partial charge in [-0.05, 0) is 54.2 Å². The summed E-state index contributed by atoms with van der Waals surface area (Å²) in [5.41, 5.74) is 5.54. The van der Waals surface area contributed by atoms with Gasteiger partial charge in [-0.2, -0.15) is 0 Å². The predicted molar refractivity (Wildman–Crippen MR) is 111 cm³/mol. The second kappa shape index (κ2) is 7.58. The fourth-order valence-electron chi connectivity index (χ4n) is 4.36. The molecule has 0 saturated carbocycles. The summed E-state index contributed by atoms with van der Waals surface area (Å²) in [6.45, 7) is 4.42. The van der Waals surface area contributed by atoms with Gasteiger partial charge in [0.2, 0.25) is 0 Å². The highest BCUT2D eigenvalue weighted by molar-refractivity contribution is 5.43. The molecule has 1 aliphatic rings. The number of fused-ring (bicyclic) bond motifs is 1. The Balaban J connectivity index is 1.74. The van der Waals surface area contributed by atoms with Gasteiger partial charge in [0.15, 0.2) is 0 Å². The number of hydrogen-bond donors (Lipinski definition) is 0. The first kappa shape index (κ1) is 17.8. The topological polar surface area (TPSA) is 12.5 Å². The number of benzene rings is 3. The molecular weight excluding hydrogens is 330 g/mol. The van der Waals surface area contributed by atoms with Gasteiger partial charge >= 0.3 is 0 Å². The number of rotatable bonds is 5. The van der Waals surface area contributed by atoms with Crippen molar-refractivity contribution in [3.63, 3.8) is 0 Å². The van der Waals surface area contributed by atoms with Crippen molar-refractivity contribution in [2.75, 3.05) is 13.7 Å². The summed E-state index contributed by atoms with van der Waals surface area (Å²) in [6, 6.07) is 28.3. The van der Waals surface area contributed by atoms with Crippen LogP contribution in [0.5, 0.6) is 5.75 Å². The first-order valence-corrected chi connectivity index (χ1v) is 9.69. The molecule has 1 atom stereocenters. The SMILES string of the molecule is COc1ccc2c(c1)CCN(Cc1ccccc1)C2(C)Cc1ccccc1. The van der Waals surface area contributed by atoms with Gasteiger partial charge in [0, 0.05) is 18.6 Å². The second-order valence-corrected chi connectivity index (χ2v) is 7.62. The Morgan fingerprint density at radius 2 is 1.56 bits per heavy atom. The molecule has 0 spiro atoms. The third-order valence-electron chi connectivity index (χ3n) is 5.85. The van der Waals surface area contributed by atoms with Crippen molar-refractivity contribution in [2.45, 2.75) is 31.8 Å². The lowest BCUT2D eigenvalue weighted by atomic mass is 9.77. The molecular formula is C25H27NO. The molecule has 3 aromatic rings. The molecule has 0 aliphatic carbocycles. The van der Waals surface area contributed by atoms with E-state index in [4.69, 9.17) is 4.74 Å². The van der Waals surface area contributed by atoms with Gasteiger partial charge in [-0.3, -0.25) is 4.90 Å². The zero-order chi connectivity index (χ0) is 18.7. The summed E-state index contributed by atoms with van der Waals surface area (Å²) in [6.07, 6.45) is 2.06. The third kappa shape index (κ3) is 3.63. The van der Waals surface area contributed by atoms with Gasteiger partial charge < -0.3 is 4.74 Å². The summed E-state index contributed by atoms with van der Waals surface area (Å²) in [7, 11) is 1.75. The van der Waals surface area contributed by atoms with Gasteiger partial charge in [-0.1, -0.05) is 66.7 Å². The molecule has 1 aliphatic heterocycles. The zero-order valence-corrected chi connectivity index (χ0v) is 16.2. The Labute approximate surface area is 162 Å². The molecule has 1 unspecified atom stereocenters. The molecule has 27 heavy (non-hydrogen) atoms. The third-order valence-corrected chi connectivity index (χ3v) is 5.85. The van der Waals surface area contributed by atoms with Gasteiger partial charge in [-0.15, -0.1) is 0 Å². The standard InChI is InChI=1S/C25H27NO/c1-25(18-20-9-5-3-6-10-20)24-14-13-23(27-2)17-22(24)15-16-26(25)19-21-11-7-4-8-12-21/h3-14,17H,15-16,18-19H2,1-2H3. The van der Waals surface area contributed by atoms with E-state index in [1.807, 2.05) is 0 Å². The highest BCUT2D eigenvalue weighted by Crippen LogP contribution is 2.40. The van der Waals surface area contributed by atoms with Crippen molar-refractivity contribution in [2.24, 2.45) is 0 Å². The molecule has 1 heterocycles. The van der Waals surface area contributed by atoms with E-state index >= 15 is 0 Å². The molecule has 2 nitrogen and oxygen atoms in total. The van der Waals surface area contributed by atoms with Gasteiger partial charge in [-0.25, -0.2) is 0 Å². The zero-order valence-electron chi connectivity index (χ0n) is 16.2. The van der Waals surface area contributed by atoms with E-state index in [1.54, 1.807) is 7.11 Å². The normalized spacial score (nSPS) is 19.5. The molecule has 0 bridgehead atoms. The van der Waals surface area contributed by atoms with E-state index in [0.29, 0.717) is 0 Å². The van der Waals surface area contributed by atoms with E-state index in [0.717, 1.165) is 31.7 Å². The molecule has 138 valence electrons. The fraction of sp³-hybridized carbons (Fsp3) is 0.280. The summed E-state index contributed by atoms with van der Waals surface area (Å²) < 4.78 is 5.48. The lowest BCUT2D eigenvalue weighted by molar-refractivity contribution is 0.0808. The van der Waals surface area contributed by atoms with Crippen LogP contribution in [0.1, 0.15) is 29.2 Å². The van der Waals surface area contributed by atoms with Crippen LogP contribution in [0, 0.1) is 0 Å². The first-order valence-electron chi connectivity index (χ1n) is 9.69. The minimum absolute atomic E-state index is 0.0446. The number of methoxy groups -OCH3 is 1. The highest BCUT2D eigenvalue weighted by Gasteiger charge is 2.38. The largest absolute Gasteiger partial charge is 0.497 e. The molecule has 0 amide bonds. The molecule has 3 aromatic carbocycles. The molecule has 0 radical (unpaired) electrons. The maximum Gasteiger partial charge on any atom is 0.119 e. The van der Waals surface area contributed by atoms with E-state index in [-0.39, 0.29) is 5.54 Å². The van der Waals surface area contributed by atoms with Crippen LogP contribution in [0.4, 0.5) is 0 Å². The van der Waals surface area contributed by atoms with E-state index in [9.17, 15) is 0 Å². The Kier molecular flexibility index (Phi) is 5.00. The number of ether oxygens (including phenoxy) is 1. The Hall–Kier alpha value is -2.58. The van der Waals surface area contributed by atoms with E-state index < -0.39 is 0 Å². The molecule has 0 saturated heterocycles. The van der Waals surface area contributed by atoms with Gasteiger partial charge in [0.05, 0.1) is 7.11 Å². The van der Waals surface area contributed by atoms with Crippen LogP contribution >= 0.6 is 0 Å². The summed E-state index contributed by atoms with van der Waals surface area (Å²) in [5.74, 6) is 0.951. The summed E-state index contributed by atoms with van der Waals surface area (Å²) >= 11 is 0. The van der Waals surface area contributed by atoms with Crippen molar-refractivity contribution in [1.29, 1.82) is 0 Å². The van der Waals surface area contributed by atoms with Crippen molar-refractivity contribution >= 4 is 0 Å². The average Bonchev–Trinajstić information content (AvgIpc) is 2.71. The number of nitrogens with zero attached hydrogens (tertiary/aromatic N) is 1. The van der Waals surface area contributed by atoms with E-state index in [1.165, 1.54) is 22.3 Å². The number of hydrogen-bond acceptors (Lipinski definition) is 2. The summed E-state index contributed by atoms with van der Waals surface area (Å²) in [5, 5.41) is 0. The monoisotopic (exact) mass is 357 g/mol. The van der Waals surface area contributed by atoms with Crippen LogP contribution in [0.15, 0.2) is 78.9 Å². The summed E-state index contributed by atoms with van der Waals surface area (Å²) in [4.78, 5) is 2.64. The van der Waals surface area contributed by atoms with Crippen molar-refractivity contribution in [1.82, 2.24) is 4.90 Å². The lowest BCUT2D eigenvalue weighted by Gasteiger charge is -2.47. The Bertz CT molecular complexity index is 891. The molecule has 0 aromatic heterocycles. The minimum Gasteiger partial charge on any atom is -0.497 e. The predicted octanol–water partition coefficient (Wildman–Crippen LogP) is 5.21.